The first-order valence-electron chi connectivity index (χ1n) is 5.74. The van der Waals surface area contributed by atoms with Crippen molar-refractivity contribution in [2.45, 2.75) is 38.9 Å². The van der Waals surface area contributed by atoms with Crippen LogP contribution in [-0.4, -0.2) is 28.6 Å². The zero-order valence-corrected chi connectivity index (χ0v) is 12.7. The van der Waals surface area contributed by atoms with E-state index >= 15 is 0 Å². The third kappa shape index (κ3) is 1.97. The molecule has 1 aromatic rings. The highest BCUT2D eigenvalue weighted by molar-refractivity contribution is 6.62. The highest BCUT2D eigenvalue weighted by Gasteiger charge is 2.51. The van der Waals surface area contributed by atoms with Crippen LogP contribution in [0.3, 0.4) is 0 Å². The van der Waals surface area contributed by atoms with Gasteiger partial charge in [0.1, 0.15) is 0 Å². The molecule has 2 nitrogen and oxygen atoms in total. The predicted molar refractivity (Wildman–Crippen MR) is 71.7 cm³/mol. The molecule has 0 aliphatic carbocycles. The van der Waals surface area contributed by atoms with Crippen molar-refractivity contribution >= 4 is 28.0 Å². The van der Waals surface area contributed by atoms with E-state index in [1.807, 2.05) is 0 Å². The molecule has 1 aliphatic heterocycles. The third-order valence-corrected chi connectivity index (χ3v) is 4.27. The Kier molecular flexibility index (Phi) is 2.77. The summed E-state index contributed by atoms with van der Waals surface area (Å²) in [5.74, 6) is 0. The van der Waals surface area contributed by atoms with Gasteiger partial charge in [0, 0.05) is 10.2 Å². The molecule has 1 aliphatic rings. The van der Waals surface area contributed by atoms with Gasteiger partial charge in [-0.15, -0.1) is 0 Å². The molecule has 0 radical (unpaired) electrons. The van der Waals surface area contributed by atoms with E-state index in [9.17, 15) is 0 Å². The molecule has 0 N–H and O–H groups in total. The van der Waals surface area contributed by atoms with E-state index in [0.29, 0.717) is 0 Å². The summed E-state index contributed by atoms with van der Waals surface area (Å²) >= 11 is 0. The van der Waals surface area contributed by atoms with Gasteiger partial charge < -0.3 is 9.31 Å². The zero-order chi connectivity index (χ0) is 12.0. The van der Waals surface area contributed by atoms with E-state index in [4.69, 9.17) is 9.31 Å². The van der Waals surface area contributed by atoms with Gasteiger partial charge in [-0.05, 0) is 33.2 Å². The van der Waals surface area contributed by atoms with Crippen molar-refractivity contribution in [2.75, 3.05) is 0 Å². The van der Waals surface area contributed by atoms with Crippen LogP contribution in [0.1, 0.15) is 27.7 Å². The van der Waals surface area contributed by atoms with E-state index in [1.54, 1.807) is 0 Å². The Morgan fingerprint density at radius 2 is 1.38 bits per heavy atom. The minimum absolute atomic E-state index is 0.229. The average Bonchev–Trinajstić information content (AvgIpc) is 2.37. The molecule has 0 bridgehead atoms. The molecule has 1 heterocycles. The van der Waals surface area contributed by atoms with Crippen LogP contribution in [0.5, 0.6) is 0 Å². The fraction of sp³-hybridized carbons (Fsp3) is 0.500. The number of hydrogen-bond acceptors (Lipinski definition) is 2. The molecule has 16 heavy (non-hydrogen) atoms. The van der Waals surface area contributed by atoms with E-state index in [-0.39, 0.29) is 18.3 Å². The van der Waals surface area contributed by atoms with Gasteiger partial charge >= 0.3 is 7.12 Å². The zero-order valence-electron chi connectivity index (χ0n) is 10.7. The van der Waals surface area contributed by atoms with Crippen LogP contribution < -0.4 is 10.6 Å². The maximum absolute atomic E-state index is 5.98. The minimum Gasteiger partial charge on any atom is -0.399 e. The van der Waals surface area contributed by atoms with E-state index in [2.05, 4.69) is 52.0 Å². The summed E-state index contributed by atoms with van der Waals surface area (Å²) in [4.78, 5) is 0. The maximum atomic E-state index is 5.98. The lowest BCUT2D eigenvalue weighted by Crippen LogP contribution is -2.41. The molecule has 4 heteroatoms. The van der Waals surface area contributed by atoms with Crippen molar-refractivity contribution in [2.24, 2.45) is 0 Å². The second-order valence-electron chi connectivity index (χ2n) is 5.50. The summed E-state index contributed by atoms with van der Waals surface area (Å²) in [5, 5.41) is 1.39. The van der Waals surface area contributed by atoms with Crippen LogP contribution in [0.2, 0.25) is 0 Å². The molecule has 1 saturated heterocycles. The first-order valence-corrected chi connectivity index (χ1v) is 6.74. The Balaban J connectivity index is 2.23. The fourth-order valence-electron chi connectivity index (χ4n) is 1.70. The van der Waals surface area contributed by atoms with Crippen LogP contribution in [0, 0.1) is 0 Å². The molecular formula is C12H19BO2Si. The molecule has 0 amide bonds. The molecule has 0 saturated carbocycles. The molecule has 2 rings (SSSR count). The van der Waals surface area contributed by atoms with Gasteiger partial charge in [-0.25, -0.2) is 0 Å². The van der Waals surface area contributed by atoms with Crippen molar-refractivity contribution in [3.8, 4) is 0 Å². The monoisotopic (exact) mass is 234 g/mol. The summed E-state index contributed by atoms with van der Waals surface area (Å²) in [6.07, 6.45) is 0. The van der Waals surface area contributed by atoms with E-state index in [1.165, 1.54) is 5.19 Å². The molecule has 0 aromatic heterocycles. The number of hydrogen-bond donors (Lipinski definition) is 0. The quantitative estimate of drug-likeness (QED) is 0.636. The standard InChI is InChI=1S/C12H19BO2Si/c1-11(2)12(3,4)15-13(14-11)9-5-7-10(16)8-6-9/h5-8H,1-4,16H3. The van der Waals surface area contributed by atoms with Crippen LogP contribution in [0.4, 0.5) is 0 Å². The SMILES string of the molecule is CC1(C)OB(c2ccc([SiH3])cc2)OC1(C)C. The summed E-state index contributed by atoms with van der Waals surface area (Å²) in [6, 6.07) is 8.49. The van der Waals surface area contributed by atoms with Gasteiger partial charge in [-0.2, -0.15) is 0 Å². The van der Waals surface area contributed by atoms with E-state index in [0.717, 1.165) is 15.7 Å². The van der Waals surface area contributed by atoms with Gasteiger partial charge in [-0.1, -0.05) is 29.5 Å². The van der Waals surface area contributed by atoms with Crippen LogP contribution in [-0.2, 0) is 9.31 Å². The van der Waals surface area contributed by atoms with Crippen molar-refractivity contribution in [1.82, 2.24) is 0 Å². The second kappa shape index (κ2) is 3.72. The molecule has 0 unspecified atom stereocenters. The Morgan fingerprint density at radius 3 is 1.81 bits per heavy atom. The van der Waals surface area contributed by atoms with Crippen LogP contribution in [0.15, 0.2) is 24.3 Å². The van der Waals surface area contributed by atoms with Gasteiger partial charge in [0.25, 0.3) is 0 Å². The van der Waals surface area contributed by atoms with Gasteiger partial charge in [0.15, 0.2) is 0 Å². The number of benzene rings is 1. The average molecular weight is 234 g/mol. The van der Waals surface area contributed by atoms with Crippen molar-refractivity contribution in [3.05, 3.63) is 24.3 Å². The van der Waals surface area contributed by atoms with Gasteiger partial charge in [0.05, 0.1) is 11.2 Å². The lowest BCUT2D eigenvalue weighted by atomic mass is 9.79. The molecular weight excluding hydrogens is 215 g/mol. The third-order valence-electron chi connectivity index (χ3n) is 3.60. The Morgan fingerprint density at radius 1 is 0.938 bits per heavy atom. The largest absolute Gasteiger partial charge is 0.494 e. The van der Waals surface area contributed by atoms with Crippen molar-refractivity contribution in [1.29, 1.82) is 0 Å². The normalized spacial score (nSPS) is 22.6. The van der Waals surface area contributed by atoms with Crippen LogP contribution >= 0.6 is 0 Å². The summed E-state index contributed by atoms with van der Waals surface area (Å²) in [7, 11) is 0.856. The highest BCUT2D eigenvalue weighted by atomic mass is 28.1. The number of rotatable bonds is 1. The van der Waals surface area contributed by atoms with E-state index < -0.39 is 0 Å². The fourth-order valence-corrected chi connectivity index (χ4v) is 2.04. The molecule has 0 spiro atoms. The molecule has 0 atom stereocenters. The minimum atomic E-state index is -0.253. The Hall–Kier alpha value is -0.578. The predicted octanol–water partition coefficient (Wildman–Crippen LogP) is -0.0235. The maximum Gasteiger partial charge on any atom is 0.494 e. The smallest absolute Gasteiger partial charge is 0.399 e. The molecule has 1 aromatic carbocycles. The first kappa shape index (κ1) is 11.9. The topological polar surface area (TPSA) is 18.5 Å². The molecule has 1 fully saturated rings. The summed E-state index contributed by atoms with van der Waals surface area (Å²) < 4.78 is 12.0. The van der Waals surface area contributed by atoms with Crippen molar-refractivity contribution < 1.29 is 9.31 Å². The van der Waals surface area contributed by atoms with Gasteiger partial charge in [-0.3, -0.25) is 0 Å². The lowest BCUT2D eigenvalue weighted by Gasteiger charge is -2.32. The molecule has 86 valence electrons. The Labute approximate surface area is 101 Å². The highest BCUT2D eigenvalue weighted by Crippen LogP contribution is 2.36. The summed E-state index contributed by atoms with van der Waals surface area (Å²) in [6.45, 7) is 8.31. The van der Waals surface area contributed by atoms with Crippen molar-refractivity contribution in [3.63, 3.8) is 0 Å². The first-order chi connectivity index (χ1) is 7.32. The summed E-state index contributed by atoms with van der Waals surface area (Å²) in [5.41, 5.74) is 0.604. The Bertz CT molecular complexity index is 371. The lowest BCUT2D eigenvalue weighted by molar-refractivity contribution is 0.00578. The second-order valence-corrected chi connectivity index (χ2v) is 6.65. The van der Waals surface area contributed by atoms with Crippen LogP contribution in [0.25, 0.3) is 0 Å². The van der Waals surface area contributed by atoms with Gasteiger partial charge in [0.2, 0.25) is 0 Å².